The first kappa shape index (κ1) is 46.7. The third-order valence-electron chi connectivity index (χ3n) is 10.9. The zero-order chi connectivity index (χ0) is 45.4. The van der Waals surface area contributed by atoms with E-state index in [1.807, 2.05) is 74.2 Å². The summed E-state index contributed by atoms with van der Waals surface area (Å²) in [5.41, 5.74) is 7.24. The fraction of sp³-hybridized carbons (Fsp3) is 0.426. The monoisotopic (exact) mass is 889 g/mol. The van der Waals surface area contributed by atoms with E-state index in [0.29, 0.717) is 94.9 Å². The van der Waals surface area contributed by atoms with Crippen LogP contribution in [0.5, 0.6) is 5.75 Å². The normalized spacial score (nSPS) is 13.2. The van der Waals surface area contributed by atoms with Gasteiger partial charge in [0.1, 0.15) is 29.3 Å². The standard InChI is InChI=1S/C47H59N11O7/c1-4-35-28-41-42(54-45(35)59)27-34(29-50-41)31-56-15-17-57(18-16-56)37-9-10-39(51-30-37)46(60)48-13-20-62-23-25-64-26-24-63-21-14-49-47(61)40-12-11-38-44(53-40)58(33-52-38)32-36-7-5-6-8-43(36)65-22-19-55(2)3/h5-12,27-30,33H,4,13-26,31-32H2,1-3H3,(H,48,60)(H,49,61)(H,54,59). The van der Waals surface area contributed by atoms with Crippen LogP contribution in [0.2, 0.25) is 0 Å². The molecule has 1 aliphatic rings. The predicted molar refractivity (Wildman–Crippen MR) is 248 cm³/mol. The van der Waals surface area contributed by atoms with Gasteiger partial charge in [0, 0.05) is 69.7 Å². The van der Waals surface area contributed by atoms with Gasteiger partial charge >= 0.3 is 0 Å². The van der Waals surface area contributed by atoms with Gasteiger partial charge in [-0.15, -0.1) is 0 Å². The van der Waals surface area contributed by atoms with E-state index in [9.17, 15) is 14.4 Å². The van der Waals surface area contributed by atoms with Crippen molar-refractivity contribution in [1.82, 2.24) is 49.9 Å². The van der Waals surface area contributed by atoms with Gasteiger partial charge in [-0.2, -0.15) is 0 Å². The van der Waals surface area contributed by atoms with Crippen LogP contribution in [0.1, 0.15) is 44.6 Å². The average molecular weight is 890 g/mol. The van der Waals surface area contributed by atoms with E-state index in [-0.39, 0.29) is 17.4 Å². The number of aromatic nitrogens is 6. The highest BCUT2D eigenvalue weighted by atomic mass is 16.5. The van der Waals surface area contributed by atoms with Crippen molar-refractivity contribution in [2.75, 3.05) is 111 Å². The largest absolute Gasteiger partial charge is 0.492 e. The van der Waals surface area contributed by atoms with Gasteiger partial charge in [-0.05, 0) is 68.5 Å². The van der Waals surface area contributed by atoms with Gasteiger partial charge in [0.25, 0.3) is 17.4 Å². The van der Waals surface area contributed by atoms with Crippen LogP contribution in [0, 0.1) is 0 Å². The summed E-state index contributed by atoms with van der Waals surface area (Å²) in [5.74, 6) is 0.253. The quantitative estimate of drug-likeness (QED) is 0.0751. The predicted octanol–water partition coefficient (Wildman–Crippen LogP) is 3.15. The minimum atomic E-state index is -0.296. The Bertz CT molecular complexity index is 2540. The summed E-state index contributed by atoms with van der Waals surface area (Å²) in [6, 6.07) is 18.9. The van der Waals surface area contributed by atoms with Crippen molar-refractivity contribution in [3.05, 3.63) is 118 Å². The van der Waals surface area contributed by atoms with E-state index < -0.39 is 0 Å². The number of rotatable bonds is 24. The topological polar surface area (TPSA) is 194 Å². The number of anilines is 1. The van der Waals surface area contributed by atoms with E-state index in [2.05, 4.69) is 50.3 Å². The summed E-state index contributed by atoms with van der Waals surface area (Å²) >= 11 is 0. The minimum absolute atomic E-state index is 0.0547. The molecule has 5 aromatic heterocycles. The number of aryl methyl sites for hydroxylation is 1. The first-order valence-corrected chi connectivity index (χ1v) is 22.1. The van der Waals surface area contributed by atoms with E-state index >= 15 is 0 Å². The summed E-state index contributed by atoms with van der Waals surface area (Å²) in [6.07, 6.45) is 6.03. The third-order valence-corrected chi connectivity index (χ3v) is 10.9. The molecule has 3 N–H and O–H groups in total. The molecule has 18 heteroatoms. The lowest BCUT2D eigenvalue weighted by Gasteiger charge is -2.36. The number of hydrogen-bond acceptors (Lipinski definition) is 14. The molecule has 1 aromatic carbocycles. The second kappa shape index (κ2) is 23.6. The van der Waals surface area contributed by atoms with Crippen LogP contribution < -0.4 is 25.8 Å². The number of likely N-dealkylation sites (N-methyl/N-ethyl adjacent to an activating group) is 1. The van der Waals surface area contributed by atoms with Crippen LogP contribution in [0.25, 0.3) is 22.2 Å². The number of piperazine rings is 1. The first-order valence-electron chi connectivity index (χ1n) is 22.1. The minimum Gasteiger partial charge on any atom is -0.492 e. The average Bonchev–Trinajstić information content (AvgIpc) is 3.72. The Kier molecular flexibility index (Phi) is 16.9. The van der Waals surface area contributed by atoms with E-state index in [1.165, 1.54) is 0 Å². The van der Waals surface area contributed by atoms with Crippen molar-refractivity contribution in [3.8, 4) is 5.75 Å². The number of benzene rings is 1. The lowest BCUT2D eigenvalue weighted by molar-refractivity contribution is 0.0157. The van der Waals surface area contributed by atoms with Crippen molar-refractivity contribution >= 4 is 39.7 Å². The number of carbonyl (C=O) groups excluding carboxylic acids is 2. The number of ether oxygens (including phenoxy) is 4. The van der Waals surface area contributed by atoms with Crippen molar-refractivity contribution < 1.29 is 28.5 Å². The van der Waals surface area contributed by atoms with Crippen LogP contribution in [-0.2, 0) is 33.7 Å². The maximum Gasteiger partial charge on any atom is 0.270 e. The molecule has 65 heavy (non-hydrogen) atoms. The Balaban J connectivity index is 0.707. The summed E-state index contributed by atoms with van der Waals surface area (Å²) < 4.78 is 24.7. The zero-order valence-electron chi connectivity index (χ0n) is 37.5. The van der Waals surface area contributed by atoms with Crippen molar-refractivity contribution in [2.45, 2.75) is 26.4 Å². The molecule has 7 rings (SSSR count). The van der Waals surface area contributed by atoms with Crippen LogP contribution >= 0.6 is 0 Å². The number of H-pyrrole nitrogens is 1. The Hall–Kier alpha value is -6.31. The molecule has 1 saturated heterocycles. The second-order valence-electron chi connectivity index (χ2n) is 15.9. The van der Waals surface area contributed by atoms with E-state index in [0.717, 1.165) is 78.4 Å². The number of fused-ring (bicyclic) bond motifs is 2. The summed E-state index contributed by atoms with van der Waals surface area (Å²) in [5, 5.41) is 5.71. The van der Waals surface area contributed by atoms with Crippen LogP contribution in [0.15, 0.2) is 84.2 Å². The van der Waals surface area contributed by atoms with Crippen LogP contribution in [0.3, 0.4) is 0 Å². The Morgan fingerprint density at radius 1 is 0.738 bits per heavy atom. The SMILES string of the molecule is CCc1cc2ncc(CN3CCN(c4ccc(C(=O)NCCOCCOCCOCCNC(=O)c5ccc6ncn(Cc7ccccc7OCCN(C)C)c6n5)nc4)CC3)cc2[nH]c1=O. The molecular formula is C47H59N11O7. The van der Waals surface area contributed by atoms with Gasteiger partial charge in [-0.3, -0.25) is 24.3 Å². The molecule has 0 spiro atoms. The Morgan fingerprint density at radius 3 is 2.15 bits per heavy atom. The molecule has 6 aromatic rings. The van der Waals surface area contributed by atoms with Crippen LogP contribution in [0.4, 0.5) is 5.69 Å². The number of imidazole rings is 1. The highest BCUT2D eigenvalue weighted by Crippen LogP contribution is 2.22. The zero-order valence-corrected chi connectivity index (χ0v) is 37.5. The fourth-order valence-corrected chi connectivity index (χ4v) is 7.32. The maximum atomic E-state index is 12.9. The van der Waals surface area contributed by atoms with Gasteiger partial charge in [-0.1, -0.05) is 25.1 Å². The van der Waals surface area contributed by atoms with E-state index in [4.69, 9.17) is 18.9 Å². The van der Waals surface area contributed by atoms with Crippen molar-refractivity contribution in [2.24, 2.45) is 0 Å². The molecule has 0 saturated carbocycles. The third kappa shape index (κ3) is 13.4. The number of nitrogens with zero attached hydrogens (tertiary/aromatic N) is 8. The highest BCUT2D eigenvalue weighted by molar-refractivity contribution is 5.94. The van der Waals surface area contributed by atoms with Crippen LogP contribution in [-0.4, -0.2) is 157 Å². The molecule has 1 fully saturated rings. The summed E-state index contributed by atoms with van der Waals surface area (Å²) in [6.45, 7) is 10.8. The van der Waals surface area contributed by atoms with E-state index in [1.54, 1.807) is 30.7 Å². The summed E-state index contributed by atoms with van der Waals surface area (Å²) in [7, 11) is 4.02. The van der Waals surface area contributed by atoms with Gasteiger partial charge in [-0.25, -0.2) is 15.0 Å². The molecule has 344 valence electrons. The Morgan fingerprint density at radius 2 is 1.45 bits per heavy atom. The molecule has 0 atom stereocenters. The molecule has 18 nitrogen and oxygen atoms in total. The lowest BCUT2D eigenvalue weighted by Crippen LogP contribution is -2.46. The molecule has 0 bridgehead atoms. The number of hydrogen-bond donors (Lipinski definition) is 3. The molecule has 2 amide bonds. The first-order chi connectivity index (χ1) is 31.7. The smallest absolute Gasteiger partial charge is 0.270 e. The molecule has 1 aliphatic heterocycles. The number of aromatic amines is 1. The molecule has 0 aliphatic carbocycles. The van der Waals surface area contributed by atoms with Gasteiger partial charge in [0.15, 0.2) is 5.65 Å². The van der Waals surface area contributed by atoms with Crippen molar-refractivity contribution in [1.29, 1.82) is 0 Å². The van der Waals surface area contributed by atoms with Gasteiger partial charge in [0.2, 0.25) is 0 Å². The van der Waals surface area contributed by atoms with Gasteiger partial charge in [0.05, 0.1) is 75.4 Å². The molecule has 6 heterocycles. The Labute approximate surface area is 378 Å². The number of para-hydroxylation sites is 1. The van der Waals surface area contributed by atoms with Crippen molar-refractivity contribution in [3.63, 3.8) is 0 Å². The number of nitrogens with one attached hydrogen (secondary N) is 3. The number of pyridine rings is 4. The summed E-state index contributed by atoms with van der Waals surface area (Å²) in [4.78, 5) is 65.6. The number of amides is 2. The van der Waals surface area contributed by atoms with Gasteiger partial charge < -0.3 is 48.9 Å². The molecular weight excluding hydrogens is 831 g/mol. The lowest BCUT2D eigenvalue weighted by atomic mass is 10.1. The maximum absolute atomic E-state index is 12.9. The second-order valence-corrected chi connectivity index (χ2v) is 15.9. The molecule has 0 unspecified atom stereocenters. The fourth-order valence-electron chi connectivity index (χ4n) is 7.32. The molecule has 0 radical (unpaired) electrons. The number of carbonyl (C=O) groups is 2. The highest BCUT2D eigenvalue weighted by Gasteiger charge is 2.19.